The Hall–Kier alpha value is -1.54. The fourth-order valence-electron chi connectivity index (χ4n) is 2.67. The van der Waals surface area contributed by atoms with Crippen LogP contribution in [0, 0.1) is 5.92 Å². The van der Waals surface area contributed by atoms with Gasteiger partial charge in [-0.25, -0.2) is 0 Å². The number of nitrogens with one attached hydrogen (secondary N) is 1. The third-order valence-electron chi connectivity index (χ3n) is 4.11. The van der Waals surface area contributed by atoms with E-state index in [-0.39, 0.29) is 0 Å². The number of fused-ring (bicyclic) bond motifs is 1. The van der Waals surface area contributed by atoms with Crippen LogP contribution in [0.2, 0.25) is 0 Å². The number of hydrogen-bond acceptors (Lipinski definition) is 2. The molecule has 0 aliphatic carbocycles. The second-order valence-electron chi connectivity index (χ2n) is 5.28. The molecule has 2 aromatic rings. The molecule has 0 aromatic heterocycles. The zero-order chi connectivity index (χ0) is 14.4. The van der Waals surface area contributed by atoms with Crippen LogP contribution in [0.3, 0.4) is 0 Å². The average Bonchev–Trinajstić information content (AvgIpc) is 2.51. The molecule has 20 heavy (non-hydrogen) atoms. The quantitative estimate of drug-likeness (QED) is 0.807. The summed E-state index contributed by atoms with van der Waals surface area (Å²) in [5.41, 5.74) is 1.26. The van der Waals surface area contributed by atoms with Gasteiger partial charge in [0.2, 0.25) is 0 Å². The van der Waals surface area contributed by atoms with Crippen LogP contribution in [0.25, 0.3) is 10.8 Å². The number of rotatable bonds is 7. The van der Waals surface area contributed by atoms with Crippen LogP contribution in [0.5, 0.6) is 5.75 Å². The molecule has 2 nitrogen and oxygen atoms in total. The summed E-state index contributed by atoms with van der Waals surface area (Å²) < 4.78 is 5.52. The lowest BCUT2D eigenvalue weighted by atomic mass is 10.0. The highest BCUT2D eigenvalue weighted by Gasteiger charge is 2.09. The molecular formula is C18H25NO. The summed E-state index contributed by atoms with van der Waals surface area (Å²) in [4.78, 5) is 0. The van der Waals surface area contributed by atoms with E-state index < -0.39 is 0 Å². The summed E-state index contributed by atoms with van der Waals surface area (Å²) >= 11 is 0. The molecule has 1 N–H and O–H groups in total. The fraction of sp³-hybridized carbons (Fsp3) is 0.444. The molecule has 0 bridgehead atoms. The maximum Gasteiger partial charge on any atom is 0.123 e. The van der Waals surface area contributed by atoms with E-state index in [1.165, 1.54) is 29.2 Å². The maximum atomic E-state index is 5.52. The van der Waals surface area contributed by atoms with Crippen molar-refractivity contribution in [3.63, 3.8) is 0 Å². The Morgan fingerprint density at radius 2 is 1.80 bits per heavy atom. The first-order chi connectivity index (χ1) is 9.80. The highest BCUT2D eigenvalue weighted by atomic mass is 16.5. The van der Waals surface area contributed by atoms with Crippen molar-refractivity contribution in [2.24, 2.45) is 5.92 Å². The molecule has 0 aliphatic heterocycles. The van der Waals surface area contributed by atoms with E-state index in [9.17, 15) is 0 Å². The van der Waals surface area contributed by atoms with E-state index in [1.807, 2.05) is 0 Å². The van der Waals surface area contributed by atoms with Crippen LogP contribution in [-0.4, -0.2) is 13.7 Å². The lowest BCUT2D eigenvalue weighted by molar-refractivity contribution is 0.404. The third-order valence-corrected chi connectivity index (χ3v) is 4.11. The van der Waals surface area contributed by atoms with E-state index in [0.29, 0.717) is 0 Å². The topological polar surface area (TPSA) is 21.3 Å². The second-order valence-corrected chi connectivity index (χ2v) is 5.28. The molecule has 0 atom stereocenters. The molecule has 0 heterocycles. The Bertz CT molecular complexity index is 546. The predicted octanol–water partition coefficient (Wildman–Crippen LogP) is 4.37. The Labute approximate surface area is 122 Å². The molecule has 2 rings (SSSR count). The van der Waals surface area contributed by atoms with Crippen molar-refractivity contribution in [3.05, 3.63) is 42.0 Å². The van der Waals surface area contributed by atoms with Crippen LogP contribution in [0.1, 0.15) is 32.3 Å². The molecule has 0 amide bonds. The van der Waals surface area contributed by atoms with Gasteiger partial charge in [-0.15, -0.1) is 0 Å². The van der Waals surface area contributed by atoms with Gasteiger partial charge in [-0.1, -0.05) is 57.0 Å². The van der Waals surface area contributed by atoms with Gasteiger partial charge in [-0.05, 0) is 29.3 Å². The molecule has 0 radical (unpaired) electrons. The summed E-state index contributed by atoms with van der Waals surface area (Å²) in [5.74, 6) is 1.73. The van der Waals surface area contributed by atoms with Crippen LogP contribution < -0.4 is 10.1 Å². The van der Waals surface area contributed by atoms with Gasteiger partial charge >= 0.3 is 0 Å². The number of benzene rings is 2. The third kappa shape index (κ3) is 3.31. The van der Waals surface area contributed by atoms with Crippen molar-refractivity contribution in [2.45, 2.75) is 33.2 Å². The second kappa shape index (κ2) is 7.30. The monoisotopic (exact) mass is 271 g/mol. The first kappa shape index (κ1) is 14.9. The van der Waals surface area contributed by atoms with E-state index >= 15 is 0 Å². The molecule has 108 valence electrons. The van der Waals surface area contributed by atoms with Crippen molar-refractivity contribution < 1.29 is 4.74 Å². The van der Waals surface area contributed by atoms with Gasteiger partial charge in [0.05, 0.1) is 7.11 Å². The van der Waals surface area contributed by atoms with Crippen molar-refractivity contribution in [1.82, 2.24) is 5.32 Å². The van der Waals surface area contributed by atoms with Crippen molar-refractivity contribution in [2.75, 3.05) is 13.7 Å². The van der Waals surface area contributed by atoms with Gasteiger partial charge in [0.25, 0.3) is 0 Å². The van der Waals surface area contributed by atoms with Crippen LogP contribution in [-0.2, 0) is 6.54 Å². The smallest absolute Gasteiger partial charge is 0.123 e. The normalized spacial score (nSPS) is 11.2. The predicted molar refractivity (Wildman–Crippen MR) is 86.3 cm³/mol. The zero-order valence-electron chi connectivity index (χ0n) is 12.8. The summed E-state index contributed by atoms with van der Waals surface area (Å²) in [6, 6.07) is 12.7. The zero-order valence-corrected chi connectivity index (χ0v) is 12.8. The van der Waals surface area contributed by atoms with Gasteiger partial charge in [-0.2, -0.15) is 0 Å². The molecule has 0 fully saturated rings. The van der Waals surface area contributed by atoms with Gasteiger partial charge < -0.3 is 10.1 Å². The van der Waals surface area contributed by atoms with Crippen LogP contribution >= 0.6 is 0 Å². The van der Waals surface area contributed by atoms with E-state index in [0.717, 1.165) is 24.8 Å². The fourth-order valence-corrected chi connectivity index (χ4v) is 2.67. The lowest BCUT2D eigenvalue weighted by Crippen LogP contribution is -2.22. The van der Waals surface area contributed by atoms with E-state index in [4.69, 9.17) is 4.74 Å². The van der Waals surface area contributed by atoms with Gasteiger partial charge in [-0.3, -0.25) is 0 Å². The van der Waals surface area contributed by atoms with Crippen molar-refractivity contribution in [1.29, 1.82) is 0 Å². The van der Waals surface area contributed by atoms with Gasteiger partial charge in [0.1, 0.15) is 5.75 Å². The van der Waals surface area contributed by atoms with Gasteiger partial charge in [0.15, 0.2) is 0 Å². The Balaban J connectivity index is 2.19. The molecular weight excluding hydrogens is 246 g/mol. The van der Waals surface area contributed by atoms with Crippen molar-refractivity contribution >= 4 is 10.8 Å². The number of methoxy groups -OCH3 is 1. The SMILES string of the molecule is CCC(CC)CNCc1c(OC)ccc2ccccc12. The molecule has 0 spiro atoms. The highest BCUT2D eigenvalue weighted by molar-refractivity contribution is 5.87. The maximum absolute atomic E-state index is 5.52. The van der Waals surface area contributed by atoms with Crippen LogP contribution in [0.4, 0.5) is 0 Å². The Morgan fingerprint density at radius 1 is 1.05 bits per heavy atom. The molecule has 0 saturated heterocycles. The largest absolute Gasteiger partial charge is 0.496 e. The summed E-state index contributed by atoms with van der Waals surface area (Å²) in [7, 11) is 1.74. The standard InChI is InChI=1S/C18H25NO/c1-4-14(5-2)12-19-13-17-16-9-7-6-8-15(16)10-11-18(17)20-3/h6-11,14,19H,4-5,12-13H2,1-3H3. The number of hydrogen-bond donors (Lipinski definition) is 1. The van der Waals surface area contributed by atoms with Gasteiger partial charge in [0, 0.05) is 12.1 Å². The lowest BCUT2D eigenvalue weighted by Gasteiger charge is -2.16. The summed E-state index contributed by atoms with van der Waals surface area (Å²) in [6.45, 7) is 6.45. The Morgan fingerprint density at radius 3 is 2.50 bits per heavy atom. The minimum atomic E-state index is 0.760. The van der Waals surface area contributed by atoms with Crippen LogP contribution in [0.15, 0.2) is 36.4 Å². The molecule has 2 heteroatoms. The minimum Gasteiger partial charge on any atom is -0.496 e. The first-order valence-electron chi connectivity index (χ1n) is 7.55. The minimum absolute atomic E-state index is 0.760. The first-order valence-corrected chi connectivity index (χ1v) is 7.55. The van der Waals surface area contributed by atoms with Crippen molar-refractivity contribution in [3.8, 4) is 5.75 Å². The van der Waals surface area contributed by atoms with E-state index in [2.05, 4.69) is 55.6 Å². The van der Waals surface area contributed by atoms with E-state index in [1.54, 1.807) is 7.11 Å². The Kier molecular flexibility index (Phi) is 5.42. The molecule has 2 aromatic carbocycles. The average molecular weight is 271 g/mol. The summed E-state index contributed by atoms with van der Waals surface area (Å²) in [6.07, 6.45) is 2.46. The molecule has 0 aliphatic rings. The molecule has 0 unspecified atom stereocenters. The highest BCUT2D eigenvalue weighted by Crippen LogP contribution is 2.27. The summed E-state index contributed by atoms with van der Waals surface area (Å²) in [5, 5.41) is 6.14. The number of ether oxygens (including phenoxy) is 1. The molecule has 0 saturated carbocycles.